The zero-order chi connectivity index (χ0) is 10.7. The second kappa shape index (κ2) is 4.24. The molecule has 3 heteroatoms. The second-order valence-corrected chi connectivity index (χ2v) is 3.51. The van der Waals surface area contributed by atoms with Gasteiger partial charge in [-0.25, -0.2) is 0 Å². The van der Waals surface area contributed by atoms with E-state index >= 15 is 0 Å². The standard InChI is InChI=1S/C12H8ClNO/c13-12-6-9(8-15)3-4-11(12)10-2-1-5-14-7-10/h1-8H. The van der Waals surface area contributed by atoms with Crippen molar-refractivity contribution in [2.24, 2.45) is 0 Å². The molecule has 0 saturated heterocycles. The average Bonchev–Trinajstić information content (AvgIpc) is 2.30. The van der Waals surface area contributed by atoms with Crippen molar-refractivity contribution in [2.75, 3.05) is 0 Å². The van der Waals surface area contributed by atoms with Gasteiger partial charge in [0.05, 0.1) is 0 Å². The minimum absolute atomic E-state index is 0.563. The van der Waals surface area contributed by atoms with E-state index in [1.165, 1.54) is 0 Å². The Balaban J connectivity index is 2.51. The third-order valence-electron chi connectivity index (χ3n) is 2.10. The van der Waals surface area contributed by atoms with Gasteiger partial charge in [-0.2, -0.15) is 0 Å². The molecule has 1 aromatic carbocycles. The first-order valence-electron chi connectivity index (χ1n) is 4.46. The maximum Gasteiger partial charge on any atom is 0.150 e. The lowest BCUT2D eigenvalue weighted by atomic mass is 10.1. The van der Waals surface area contributed by atoms with E-state index in [1.54, 1.807) is 24.5 Å². The molecule has 0 amide bonds. The molecule has 0 aliphatic carbocycles. The van der Waals surface area contributed by atoms with E-state index < -0.39 is 0 Å². The number of rotatable bonds is 2. The summed E-state index contributed by atoms with van der Waals surface area (Å²) < 4.78 is 0. The van der Waals surface area contributed by atoms with Crippen LogP contribution in [0.5, 0.6) is 0 Å². The number of aromatic nitrogens is 1. The van der Waals surface area contributed by atoms with Crippen LogP contribution in [0.2, 0.25) is 5.02 Å². The molecule has 0 fully saturated rings. The van der Waals surface area contributed by atoms with Crippen molar-refractivity contribution in [3.8, 4) is 11.1 Å². The first kappa shape index (κ1) is 9.87. The van der Waals surface area contributed by atoms with Crippen LogP contribution in [-0.2, 0) is 0 Å². The van der Waals surface area contributed by atoms with Gasteiger partial charge in [0.15, 0.2) is 0 Å². The number of pyridine rings is 1. The fourth-order valence-electron chi connectivity index (χ4n) is 1.36. The van der Waals surface area contributed by atoms with Crippen LogP contribution in [0.4, 0.5) is 0 Å². The van der Waals surface area contributed by atoms with Crippen molar-refractivity contribution in [1.82, 2.24) is 4.98 Å². The molecule has 2 aromatic rings. The summed E-state index contributed by atoms with van der Waals surface area (Å²) >= 11 is 6.06. The molecule has 0 saturated carbocycles. The summed E-state index contributed by atoms with van der Waals surface area (Å²) in [6.07, 6.45) is 4.22. The van der Waals surface area contributed by atoms with E-state index in [9.17, 15) is 4.79 Å². The van der Waals surface area contributed by atoms with Crippen LogP contribution in [0.25, 0.3) is 11.1 Å². The SMILES string of the molecule is O=Cc1ccc(-c2cccnc2)c(Cl)c1. The molecule has 0 atom stereocenters. The van der Waals surface area contributed by atoms with Gasteiger partial charge in [-0.3, -0.25) is 9.78 Å². The third-order valence-corrected chi connectivity index (χ3v) is 2.41. The summed E-state index contributed by atoms with van der Waals surface area (Å²) in [6.45, 7) is 0. The number of carbonyl (C=O) groups excluding carboxylic acids is 1. The number of nitrogens with zero attached hydrogens (tertiary/aromatic N) is 1. The fourth-order valence-corrected chi connectivity index (χ4v) is 1.66. The van der Waals surface area contributed by atoms with E-state index in [4.69, 9.17) is 11.6 Å². The van der Waals surface area contributed by atoms with Crippen LogP contribution in [-0.4, -0.2) is 11.3 Å². The first-order chi connectivity index (χ1) is 7.31. The normalized spacial score (nSPS) is 9.93. The molecular formula is C12H8ClNO. The van der Waals surface area contributed by atoms with Gasteiger partial charge in [-0.1, -0.05) is 29.8 Å². The largest absolute Gasteiger partial charge is 0.298 e. The number of hydrogen-bond acceptors (Lipinski definition) is 2. The van der Waals surface area contributed by atoms with Crippen LogP contribution < -0.4 is 0 Å². The maximum absolute atomic E-state index is 10.5. The maximum atomic E-state index is 10.5. The van der Waals surface area contributed by atoms with Crippen LogP contribution in [0.1, 0.15) is 10.4 Å². The molecule has 0 N–H and O–H groups in total. The van der Waals surface area contributed by atoms with Crippen molar-refractivity contribution in [3.05, 3.63) is 53.3 Å². The highest BCUT2D eigenvalue weighted by Crippen LogP contribution is 2.27. The molecule has 2 rings (SSSR count). The Kier molecular flexibility index (Phi) is 2.79. The third kappa shape index (κ3) is 2.05. The Labute approximate surface area is 92.5 Å². The van der Waals surface area contributed by atoms with Crippen molar-refractivity contribution < 1.29 is 4.79 Å². The second-order valence-electron chi connectivity index (χ2n) is 3.10. The topological polar surface area (TPSA) is 30.0 Å². The molecule has 0 radical (unpaired) electrons. The van der Waals surface area contributed by atoms with Gasteiger partial charge in [0, 0.05) is 34.1 Å². The van der Waals surface area contributed by atoms with Gasteiger partial charge in [0.2, 0.25) is 0 Å². The summed E-state index contributed by atoms with van der Waals surface area (Å²) in [7, 11) is 0. The lowest BCUT2D eigenvalue weighted by Crippen LogP contribution is -1.84. The van der Waals surface area contributed by atoms with E-state index in [1.807, 2.05) is 18.2 Å². The lowest BCUT2D eigenvalue weighted by molar-refractivity contribution is 0.112. The predicted octanol–water partition coefficient (Wildman–Crippen LogP) is 3.21. The van der Waals surface area contributed by atoms with Gasteiger partial charge in [0.25, 0.3) is 0 Å². The summed E-state index contributed by atoms with van der Waals surface area (Å²) in [5.74, 6) is 0. The summed E-state index contributed by atoms with van der Waals surface area (Å²) in [4.78, 5) is 14.6. The summed E-state index contributed by atoms with van der Waals surface area (Å²) in [5, 5.41) is 0.563. The van der Waals surface area contributed by atoms with Crippen LogP contribution in [0, 0.1) is 0 Å². The molecule has 2 nitrogen and oxygen atoms in total. The Morgan fingerprint density at radius 3 is 2.73 bits per heavy atom. The number of halogens is 1. The van der Waals surface area contributed by atoms with Gasteiger partial charge in [-0.05, 0) is 12.1 Å². The molecule has 0 aliphatic heterocycles. The highest BCUT2D eigenvalue weighted by molar-refractivity contribution is 6.33. The Morgan fingerprint density at radius 2 is 2.13 bits per heavy atom. The number of carbonyl (C=O) groups is 1. The minimum atomic E-state index is 0.563. The lowest BCUT2D eigenvalue weighted by Gasteiger charge is -2.03. The van der Waals surface area contributed by atoms with Gasteiger partial charge >= 0.3 is 0 Å². The molecule has 1 aromatic heterocycles. The molecule has 0 spiro atoms. The monoisotopic (exact) mass is 217 g/mol. The van der Waals surface area contributed by atoms with Gasteiger partial charge < -0.3 is 0 Å². The number of benzene rings is 1. The molecule has 74 valence electrons. The Hall–Kier alpha value is -1.67. The molecule has 15 heavy (non-hydrogen) atoms. The zero-order valence-electron chi connectivity index (χ0n) is 7.85. The van der Waals surface area contributed by atoms with Crippen LogP contribution in [0.15, 0.2) is 42.7 Å². The predicted molar refractivity (Wildman–Crippen MR) is 60.1 cm³/mol. The van der Waals surface area contributed by atoms with Crippen molar-refractivity contribution in [2.45, 2.75) is 0 Å². The van der Waals surface area contributed by atoms with Crippen LogP contribution >= 0.6 is 11.6 Å². The zero-order valence-corrected chi connectivity index (χ0v) is 8.61. The highest BCUT2D eigenvalue weighted by atomic mass is 35.5. The molecular weight excluding hydrogens is 210 g/mol. The van der Waals surface area contributed by atoms with Crippen molar-refractivity contribution in [3.63, 3.8) is 0 Å². The van der Waals surface area contributed by atoms with E-state index in [0.717, 1.165) is 17.4 Å². The molecule has 1 heterocycles. The van der Waals surface area contributed by atoms with E-state index in [0.29, 0.717) is 10.6 Å². The fraction of sp³-hybridized carbons (Fsp3) is 0. The minimum Gasteiger partial charge on any atom is -0.298 e. The van der Waals surface area contributed by atoms with Crippen molar-refractivity contribution in [1.29, 1.82) is 0 Å². The van der Waals surface area contributed by atoms with Crippen LogP contribution in [0.3, 0.4) is 0 Å². The highest BCUT2D eigenvalue weighted by Gasteiger charge is 2.03. The molecule has 0 unspecified atom stereocenters. The number of aldehydes is 1. The Morgan fingerprint density at radius 1 is 1.27 bits per heavy atom. The average molecular weight is 218 g/mol. The Bertz CT molecular complexity index is 482. The van der Waals surface area contributed by atoms with Gasteiger partial charge in [0.1, 0.15) is 6.29 Å². The molecule has 0 aliphatic rings. The number of hydrogen-bond donors (Lipinski definition) is 0. The first-order valence-corrected chi connectivity index (χ1v) is 4.84. The summed E-state index contributed by atoms with van der Waals surface area (Å²) in [5.41, 5.74) is 2.41. The summed E-state index contributed by atoms with van der Waals surface area (Å²) in [6, 6.07) is 8.98. The van der Waals surface area contributed by atoms with Gasteiger partial charge in [-0.15, -0.1) is 0 Å². The molecule has 0 bridgehead atoms. The van der Waals surface area contributed by atoms with E-state index in [2.05, 4.69) is 4.98 Å². The van der Waals surface area contributed by atoms with E-state index in [-0.39, 0.29) is 0 Å². The quantitative estimate of drug-likeness (QED) is 0.723. The van der Waals surface area contributed by atoms with Crippen molar-refractivity contribution >= 4 is 17.9 Å². The smallest absolute Gasteiger partial charge is 0.150 e.